The Morgan fingerprint density at radius 1 is 1.00 bits per heavy atom. The molecule has 1 heterocycles. The number of hydrogen-bond donors (Lipinski definition) is 0. The molecule has 0 fully saturated rings. The van der Waals surface area contributed by atoms with Crippen LogP contribution in [0.5, 0.6) is 17.2 Å². The average molecular weight is 515 g/mol. The van der Waals surface area contributed by atoms with Crippen LogP contribution < -0.4 is 19.0 Å². The largest absolute Gasteiger partial charge is 0.493 e. The number of hydrogen-bond acceptors (Lipinski definition) is 9. The summed E-state index contributed by atoms with van der Waals surface area (Å²) in [7, 11) is 5.78. The Hall–Kier alpha value is -4.12. The van der Waals surface area contributed by atoms with E-state index in [0.717, 1.165) is 11.3 Å². The van der Waals surface area contributed by atoms with Crippen molar-refractivity contribution in [3.8, 4) is 17.2 Å². The Labute approximate surface area is 211 Å². The molecule has 11 heteroatoms. The number of benzene rings is 2. The number of nitrogens with zero attached hydrogens (tertiary/aromatic N) is 2. The third-order valence-corrected chi connectivity index (χ3v) is 6.06. The molecule has 1 aromatic heterocycles. The second kappa shape index (κ2) is 12.0. The molecule has 0 N–H and O–H groups in total. The van der Waals surface area contributed by atoms with Gasteiger partial charge in [0.15, 0.2) is 16.3 Å². The maximum Gasteiger partial charge on any atom is 0.338 e. The Bertz CT molecular complexity index is 1360. The maximum atomic E-state index is 12.7. The fourth-order valence-corrected chi connectivity index (χ4v) is 4.42. The van der Waals surface area contributed by atoms with Crippen LogP contribution >= 0.6 is 11.3 Å². The molecule has 0 aliphatic heterocycles. The molecule has 3 rings (SSSR count). The summed E-state index contributed by atoms with van der Waals surface area (Å²) in [5, 5.41) is 0. The number of methoxy groups -OCH3 is 4. The van der Waals surface area contributed by atoms with Gasteiger partial charge in [-0.1, -0.05) is 11.3 Å². The summed E-state index contributed by atoms with van der Waals surface area (Å²) in [5.41, 5.74) is 1.61. The fourth-order valence-electron chi connectivity index (χ4n) is 3.34. The van der Waals surface area contributed by atoms with Crippen LogP contribution in [0.4, 0.5) is 0 Å². The van der Waals surface area contributed by atoms with Gasteiger partial charge in [0.25, 0.3) is 5.91 Å². The molecule has 0 bridgehead atoms. The van der Waals surface area contributed by atoms with E-state index >= 15 is 0 Å². The molecule has 190 valence electrons. The van der Waals surface area contributed by atoms with Crippen LogP contribution in [-0.2, 0) is 25.6 Å². The lowest BCUT2D eigenvalue weighted by Gasteiger charge is -2.12. The number of aromatic nitrogens is 1. The lowest BCUT2D eigenvalue weighted by atomic mass is 10.1. The maximum absolute atomic E-state index is 12.7. The number of carbonyl (C=O) groups excluding carboxylic acids is 3. The quantitative estimate of drug-likeness (QED) is 0.316. The van der Waals surface area contributed by atoms with Crippen molar-refractivity contribution in [2.24, 2.45) is 4.99 Å². The van der Waals surface area contributed by atoms with Gasteiger partial charge < -0.3 is 28.3 Å². The van der Waals surface area contributed by atoms with Crippen molar-refractivity contribution in [3.05, 3.63) is 52.3 Å². The van der Waals surface area contributed by atoms with Gasteiger partial charge in [0, 0.05) is 6.08 Å². The predicted octanol–water partition coefficient (Wildman–Crippen LogP) is 3.22. The molecule has 2 aromatic carbocycles. The van der Waals surface area contributed by atoms with E-state index < -0.39 is 17.8 Å². The highest BCUT2D eigenvalue weighted by Crippen LogP contribution is 2.38. The summed E-state index contributed by atoms with van der Waals surface area (Å²) >= 11 is 1.16. The van der Waals surface area contributed by atoms with Gasteiger partial charge in [-0.3, -0.25) is 9.59 Å². The number of thiazole rings is 1. The monoisotopic (exact) mass is 514 g/mol. The van der Waals surface area contributed by atoms with Gasteiger partial charge in [0.2, 0.25) is 5.75 Å². The van der Waals surface area contributed by atoms with Crippen molar-refractivity contribution in [2.45, 2.75) is 13.5 Å². The van der Waals surface area contributed by atoms with Gasteiger partial charge in [-0.15, -0.1) is 0 Å². The first-order valence-electron chi connectivity index (χ1n) is 10.8. The summed E-state index contributed by atoms with van der Waals surface area (Å²) in [6.07, 6.45) is 2.85. The first-order valence-corrected chi connectivity index (χ1v) is 11.6. The molecule has 0 radical (unpaired) electrons. The summed E-state index contributed by atoms with van der Waals surface area (Å²) in [6, 6.07) is 8.30. The molecule has 0 aliphatic rings. The third kappa shape index (κ3) is 5.92. The summed E-state index contributed by atoms with van der Waals surface area (Å²) in [6.45, 7) is 1.81. The van der Waals surface area contributed by atoms with E-state index in [2.05, 4.69) is 4.99 Å². The highest BCUT2D eigenvalue weighted by molar-refractivity contribution is 7.16. The molecular formula is C25H26N2O8S. The highest BCUT2D eigenvalue weighted by Gasteiger charge is 2.15. The SMILES string of the molecule is CCOC(=O)c1ccc2c(c1)sc(=NC(=O)C=Cc1cc(OC)c(OC)c(OC)c1)n2CC(=O)OC. The molecule has 0 saturated carbocycles. The number of rotatable bonds is 9. The molecule has 0 atom stereocenters. The van der Waals surface area contributed by atoms with E-state index in [0.29, 0.717) is 38.6 Å². The Kier molecular flexibility index (Phi) is 8.85. The van der Waals surface area contributed by atoms with Gasteiger partial charge in [-0.05, 0) is 48.9 Å². The third-order valence-electron chi connectivity index (χ3n) is 5.02. The Balaban J connectivity index is 2.01. The Morgan fingerprint density at radius 3 is 2.28 bits per heavy atom. The minimum absolute atomic E-state index is 0.155. The first kappa shape index (κ1) is 26.5. The second-order valence-corrected chi connectivity index (χ2v) is 8.20. The van der Waals surface area contributed by atoms with Gasteiger partial charge in [0.1, 0.15) is 6.54 Å². The van der Waals surface area contributed by atoms with Crippen LogP contribution in [0.15, 0.2) is 41.4 Å². The van der Waals surface area contributed by atoms with Gasteiger partial charge >= 0.3 is 11.9 Å². The number of carbonyl (C=O) groups is 3. The van der Waals surface area contributed by atoms with Crippen molar-refractivity contribution >= 4 is 45.5 Å². The molecule has 3 aromatic rings. The minimum atomic E-state index is -0.556. The summed E-state index contributed by atoms with van der Waals surface area (Å²) in [5.74, 6) is -0.206. The summed E-state index contributed by atoms with van der Waals surface area (Å²) < 4.78 is 28.0. The zero-order valence-corrected chi connectivity index (χ0v) is 21.3. The van der Waals surface area contributed by atoms with E-state index in [-0.39, 0.29) is 18.0 Å². The smallest absolute Gasteiger partial charge is 0.338 e. The lowest BCUT2D eigenvalue weighted by Crippen LogP contribution is -2.22. The average Bonchev–Trinajstić information content (AvgIpc) is 3.22. The molecule has 0 aliphatic carbocycles. The van der Waals surface area contributed by atoms with E-state index in [1.165, 1.54) is 34.5 Å². The van der Waals surface area contributed by atoms with Crippen molar-refractivity contribution in [3.63, 3.8) is 0 Å². The molecule has 0 saturated heterocycles. The second-order valence-electron chi connectivity index (χ2n) is 7.19. The fraction of sp³-hybridized carbons (Fsp3) is 0.280. The van der Waals surface area contributed by atoms with Crippen LogP contribution in [0.1, 0.15) is 22.8 Å². The van der Waals surface area contributed by atoms with Gasteiger partial charge in [0.05, 0.1) is 50.8 Å². The molecule has 10 nitrogen and oxygen atoms in total. The van der Waals surface area contributed by atoms with E-state index in [1.807, 2.05) is 0 Å². The number of amides is 1. The first-order chi connectivity index (χ1) is 17.3. The lowest BCUT2D eigenvalue weighted by molar-refractivity contribution is -0.141. The van der Waals surface area contributed by atoms with Crippen LogP contribution in [0.25, 0.3) is 16.3 Å². The van der Waals surface area contributed by atoms with Crippen LogP contribution in [0, 0.1) is 0 Å². The van der Waals surface area contributed by atoms with Crippen molar-refractivity contribution in [1.82, 2.24) is 4.57 Å². The van der Waals surface area contributed by atoms with Gasteiger partial charge in [-0.2, -0.15) is 4.99 Å². The van der Waals surface area contributed by atoms with E-state index in [4.69, 9.17) is 23.7 Å². The van der Waals surface area contributed by atoms with Crippen molar-refractivity contribution in [1.29, 1.82) is 0 Å². The number of fused-ring (bicyclic) bond motifs is 1. The van der Waals surface area contributed by atoms with Crippen molar-refractivity contribution in [2.75, 3.05) is 35.0 Å². The highest BCUT2D eigenvalue weighted by atomic mass is 32.1. The van der Waals surface area contributed by atoms with E-state index in [9.17, 15) is 14.4 Å². The number of esters is 2. The van der Waals surface area contributed by atoms with Crippen LogP contribution in [0.2, 0.25) is 0 Å². The van der Waals surface area contributed by atoms with Crippen LogP contribution in [0.3, 0.4) is 0 Å². The Morgan fingerprint density at radius 2 is 1.69 bits per heavy atom. The van der Waals surface area contributed by atoms with Crippen molar-refractivity contribution < 1.29 is 38.1 Å². The zero-order valence-electron chi connectivity index (χ0n) is 20.5. The normalized spacial score (nSPS) is 11.5. The molecule has 0 unspecified atom stereocenters. The van der Waals surface area contributed by atoms with Gasteiger partial charge in [-0.25, -0.2) is 4.79 Å². The van der Waals surface area contributed by atoms with E-state index in [1.54, 1.807) is 47.9 Å². The molecular weight excluding hydrogens is 488 g/mol. The molecule has 36 heavy (non-hydrogen) atoms. The molecule has 0 spiro atoms. The molecule has 1 amide bonds. The van der Waals surface area contributed by atoms with Crippen LogP contribution in [-0.4, -0.2) is 57.5 Å². The number of ether oxygens (including phenoxy) is 5. The topological polar surface area (TPSA) is 115 Å². The summed E-state index contributed by atoms with van der Waals surface area (Å²) in [4.78, 5) is 41.3. The minimum Gasteiger partial charge on any atom is -0.493 e. The zero-order chi connectivity index (χ0) is 26.2. The standard InChI is InChI=1S/C25H26N2O8S/c1-6-35-24(30)16-8-9-17-20(13-16)36-25(27(17)14-22(29)33-4)26-21(28)10-7-15-11-18(31-2)23(34-5)19(12-15)32-3/h7-13H,6,14H2,1-5H3. The predicted molar refractivity (Wildman–Crippen MR) is 133 cm³/mol.